The Morgan fingerprint density at radius 2 is 1.81 bits per heavy atom. The standard InChI is InChI=1S/C22H22N4/c1-15(2)13-26-14-24-20-21(26)18-11-10-17(12-19(18)25-22(20)23)9-8-16-6-4-3-5-7-16/h3-12,14-15H,13H2,1-2H3,(H2,23,25)/b9-8+. The third-order valence-electron chi connectivity index (χ3n) is 4.43. The number of hydrogen-bond acceptors (Lipinski definition) is 3. The van der Waals surface area contributed by atoms with E-state index in [1.165, 1.54) is 5.56 Å². The van der Waals surface area contributed by atoms with Crippen LogP contribution in [0.4, 0.5) is 5.82 Å². The maximum atomic E-state index is 6.18. The number of imidazole rings is 1. The van der Waals surface area contributed by atoms with Crippen molar-refractivity contribution in [3.05, 3.63) is 66.0 Å². The highest BCUT2D eigenvalue weighted by Crippen LogP contribution is 2.28. The summed E-state index contributed by atoms with van der Waals surface area (Å²) in [6.07, 6.45) is 6.07. The summed E-state index contributed by atoms with van der Waals surface area (Å²) in [5, 5.41) is 1.09. The zero-order valence-electron chi connectivity index (χ0n) is 15.1. The number of nitrogen functional groups attached to an aromatic ring is 1. The molecule has 0 bridgehead atoms. The highest BCUT2D eigenvalue weighted by atomic mass is 15.1. The monoisotopic (exact) mass is 342 g/mol. The topological polar surface area (TPSA) is 56.7 Å². The summed E-state index contributed by atoms with van der Waals surface area (Å²) in [7, 11) is 0. The van der Waals surface area contributed by atoms with Crippen molar-refractivity contribution in [2.24, 2.45) is 5.92 Å². The molecule has 2 N–H and O–H groups in total. The summed E-state index contributed by atoms with van der Waals surface area (Å²) in [6.45, 7) is 5.31. The van der Waals surface area contributed by atoms with Crippen LogP contribution in [0.3, 0.4) is 0 Å². The van der Waals surface area contributed by atoms with E-state index in [2.05, 4.69) is 70.9 Å². The lowest BCUT2D eigenvalue weighted by Gasteiger charge is -2.10. The lowest BCUT2D eigenvalue weighted by Crippen LogP contribution is -2.03. The van der Waals surface area contributed by atoms with E-state index in [0.717, 1.165) is 34.0 Å². The van der Waals surface area contributed by atoms with Crippen LogP contribution in [0.15, 0.2) is 54.9 Å². The van der Waals surface area contributed by atoms with Gasteiger partial charge >= 0.3 is 0 Å². The smallest absolute Gasteiger partial charge is 0.152 e. The fourth-order valence-electron chi connectivity index (χ4n) is 3.27. The number of nitrogens with zero attached hydrogens (tertiary/aromatic N) is 3. The average Bonchev–Trinajstić information content (AvgIpc) is 3.04. The summed E-state index contributed by atoms with van der Waals surface area (Å²) >= 11 is 0. The molecule has 0 aliphatic carbocycles. The van der Waals surface area contributed by atoms with Crippen LogP contribution in [-0.4, -0.2) is 14.5 Å². The lowest BCUT2D eigenvalue weighted by molar-refractivity contribution is 0.533. The molecule has 4 nitrogen and oxygen atoms in total. The van der Waals surface area contributed by atoms with Crippen molar-refractivity contribution in [3.63, 3.8) is 0 Å². The highest BCUT2D eigenvalue weighted by molar-refractivity contribution is 6.06. The number of pyridine rings is 1. The van der Waals surface area contributed by atoms with E-state index in [9.17, 15) is 0 Å². The molecular formula is C22H22N4. The first-order valence-corrected chi connectivity index (χ1v) is 8.89. The second-order valence-electron chi connectivity index (χ2n) is 7.01. The molecule has 0 saturated heterocycles. The van der Waals surface area contributed by atoms with Crippen molar-refractivity contribution in [1.82, 2.24) is 14.5 Å². The maximum absolute atomic E-state index is 6.18. The van der Waals surface area contributed by atoms with E-state index >= 15 is 0 Å². The SMILES string of the molecule is CC(C)Cn1cnc2c(N)nc3cc(/C=C/c4ccccc4)ccc3c21. The van der Waals surface area contributed by atoms with Gasteiger partial charge in [0.15, 0.2) is 5.82 Å². The number of rotatable bonds is 4. The van der Waals surface area contributed by atoms with Crippen LogP contribution >= 0.6 is 0 Å². The van der Waals surface area contributed by atoms with Gasteiger partial charge in [-0.2, -0.15) is 0 Å². The fraction of sp³-hybridized carbons (Fsp3) is 0.182. The number of hydrogen-bond donors (Lipinski definition) is 1. The molecule has 0 aliphatic heterocycles. The first kappa shape index (κ1) is 16.3. The van der Waals surface area contributed by atoms with Crippen LogP contribution in [-0.2, 0) is 6.54 Å². The Bertz CT molecular complexity index is 1090. The number of fused-ring (bicyclic) bond motifs is 3. The number of nitrogens with two attached hydrogens (primary N) is 1. The molecule has 0 spiro atoms. The van der Waals surface area contributed by atoms with Gasteiger partial charge in [-0.05, 0) is 23.1 Å². The van der Waals surface area contributed by atoms with E-state index in [1.807, 2.05) is 24.5 Å². The van der Waals surface area contributed by atoms with Crippen LogP contribution in [0.25, 0.3) is 34.1 Å². The predicted octanol–water partition coefficient (Wildman–Crippen LogP) is 4.99. The lowest BCUT2D eigenvalue weighted by atomic mass is 10.1. The van der Waals surface area contributed by atoms with Crippen molar-refractivity contribution < 1.29 is 0 Å². The van der Waals surface area contributed by atoms with Crippen molar-refractivity contribution in [3.8, 4) is 0 Å². The summed E-state index contributed by atoms with van der Waals surface area (Å²) in [6, 6.07) is 16.6. The Morgan fingerprint density at radius 1 is 1.04 bits per heavy atom. The van der Waals surface area contributed by atoms with Gasteiger partial charge in [0, 0.05) is 11.9 Å². The zero-order valence-corrected chi connectivity index (χ0v) is 15.1. The Hall–Kier alpha value is -3.14. The van der Waals surface area contributed by atoms with E-state index in [-0.39, 0.29) is 0 Å². The van der Waals surface area contributed by atoms with Gasteiger partial charge in [0.05, 0.1) is 17.4 Å². The molecule has 2 heterocycles. The quantitative estimate of drug-likeness (QED) is 0.531. The van der Waals surface area contributed by atoms with Gasteiger partial charge in [-0.1, -0.05) is 68.5 Å². The van der Waals surface area contributed by atoms with Gasteiger partial charge in [-0.25, -0.2) is 9.97 Å². The minimum absolute atomic E-state index is 0.485. The summed E-state index contributed by atoms with van der Waals surface area (Å²) in [5.41, 5.74) is 11.2. The molecule has 0 unspecified atom stereocenters. The van der Waals surface area contributed by atoms with E-state index < -0.39 is 0 Å². The number of benzene rings is 2. The molecule has 130 valence electrons. The first-order chi connectivity index (χ1) is 12.6. The average molecular weight is 342 g/mol. The van der Waals surface area contributed by atoms with Gasteiger partial charge in [0.1, 0.15) is 5.52 Å². The van der Waals surface area contributed by atoms with Crippen LogP contribution in [0.5, 0.6) is 0 Å². The molecule has 26 heavy (non-hydrogen) atoms. The zero-order chi connectivity index (χ0) is 18.1. The molecule has 4 heteroatoms. The number of anilines is 1. The Labute approximate surface area is 153 Å². The minimum Gasteiger partial charge on any atom is -0.382 e. The molecule has 0 amide bonds. The van der Waals surface area contributed by atoms with Crippen LogP contribution < -0.4 is 5.73 Å². The molecule has 2 aromatic heterocycles. The van der Waals surface area contributed by atoms with Crippen LogP contribution in [0.1, 0.15) is 25.0 Å². The molecule has 0 radical (unpaired) electrons. The molecule has 0 aliphatic rings. The summed E-state index contributed by atoms with van der Waals surface area (Å²) in [5.74, 6) is 1.02. The summed E-state index contributed by atoms with van der Waals surface area (Å²) in [4.78, 5) is 9.06. The van der Waals surface area contributed by atoms with Crippen molar-refractivity contribution in [1.29, 1.82) is 0 Å². The first-order valence-electron chi connectivity index (χ1n) is 8.89. The van der Waals surface area contributed by atoms with Gasteiger partial charge in [-0.3, -0.25) is 0 Å². The maximum Gasteiger partial charge on any atom is 0.152 e. The third kappa shape index (κ3) is 3.06. The Balaban J connectivity index is 1.81. The van der Waals surface area contributed by atoms with Gasteiger partial charge in [0.2, 0.25) is 0 Å². The van der Waals surface area contributed by atoms with Gasteiger partial charge in [0.25, 0.3) is 0 Å². The van der Waals surface area contributed by atoms with E-state index in [0.29, 0.717) is 11.7 Å². The largest absolute Gasteiger partial charge is 0.382 e. The molecule has 4 aromatic rings. The van der Waals surface area contributed by atoms with Gasteiger partial charge < -0.3 is 10.3 Å². The molecular weight excluding hydrogens is 320 g/mol. The predicted molar refractivity (Wildman–Crippen MR) is 110 cm³/mol. The second-order valence-corrected chi connectivity index (χ2v) is 7.01. The van der Waals surface area contributed by atoms with Crippen molar-refractivity contribution in [2.75, 3.05) is 5.73 Å². The van der Waals surface area contributed by atoms with E-state index in [4.69, 9.17) is 5.73 Å². The van der Waals surface area contributed by atoms with Crippen LogP contribution in [0.2, 0.25) is 0 Å². The minimum atomic E-state index is 0.485. The molecule has 0 atom stereocenters. The molecule has 0 fully saturated rings. The number of aromatic nitrogens is 3. The molecule has 2 aromatic carbocycles. The molecule has 4 rings (SSSR count). The normalized spacial score (nSPS) is 12.0. The summed E-state index contributed by atoms with van der Waals surface area (Å²) < 4.78 is 2.18. The Kier molecular flexibility index (Phi) is 4.17. The van der Waals surface area contributed by atoms with Crippen LogP contribution in [0, 0.1) is 5.92 Å². The van der Waals surface area contributed by atoms with Gasteiger partial charge in [-0.15, -0.1) is 0 Å². The van der Waals surface area contributed by atoms with Crippen molar-refractivity contribution >= 4 is 39.9 Å². The third-order valence-corrected chi connectivity index (χ3v) is 4.43. The fourth-order valence-corrected chi connectivity index (χ4v) is 3.27. The van der Waals surface area contributed by atoms with Crippen molar-refractivity contribution in [2.45, 2.75) is 20.4 Å². The van der Waals surface area contributed by atoms with E-state index in [1.54, 1.807) is 0 Å². The Morgan fingerprint density at radius 3 is 2.58 bits per heavy atom. The highest BCUT2D eigenvalue weighted by Gasteiger charge is 2.13. The second kappa shape index (κ2) is 6.64. The molecule has 0 saturated carbocycles.